The minimum atomic E-state index is 0.512. The number of benzene rings is 1. The first-order valence-corrected chi connectivity index (χ1v) is 6.68. The summed E-state index contributed by atoms with van der Waals surface area (Å²) < 4.78 is 0. The van der Waals surface area contributed by atoms with Gasteiger partial charge < -0.3 is 11.1 Å². The molecule has 2 unspecified atom stereocenters. The van der Waals surface area contributed by atoms with Crippen molar-refractivity contribution in [1.29, 1.82) is 0 Å². The summed E-state index contributed by atoms with van der Waals surface area (Å²) in [6.45, 7) is 0.776. The molecule has 1 aliphatic carbocycles. The number of fused-ring (bicyclic) bond motifs is 1. The molecule has 1 saturated carbocycles. The molecule has 2 aromatic rings. The Morgan fingerprint density at radius 3 is 3.06 bits per heavy atom. The van der Waals surface area contributed by atoms with E-state index in [1.807, 2.05) is 24.4 Å². The third-order valence-corrected chi connectivity index (χ3v) is 3.90. The van der Waals surface area contributed by atoms with Crippen molar-refractivity contribution in [3.8, 4) is 0 Å². The van der Waals surface area contributed by atoms with Crippen LogP contribution in [0, 0.1) is 5.92 Å². The maximum Gasteiger partial charge on any atom is 0.0703 e. The molecule has 18 heavy (non-hydrogen) atoms. The Morgan fingerprint density at radius 1 is 1.28 bits per heavy atom. The highest BCUT2D eigenvalue weighted by atomic mass is 14.9. The van der Waals surface area contributed by atoms with E-state index in [1.54, 1.807) is 0 Å². The molecule has 3 rings (SSSR count). The molecule has 1 aromatic heterocycles. The molecule has 1 fully saturated rings. The molecule has 0 radical (unpaired) electrons. The topological polar surface area (TPSA) is 50.9 Å². The molecule has 0 bridgehead atoms. The van der Waals surface area contributed by atoms with Crippen molar-refractivity contribution in [2.75, 3.05) is 11.9 Å². The predicted molar refractivity (Wildman–Crippen MR) is 75.5 cm³/mol. The second-order valence-corrected chi connectivity index (χ2v) is 5.09. The molecule has 0 saturated heterocycles. The Hall–Kier alpha value is -1.61. The number of nitrogens with zero attached hydrogens (tertiary/aromatic N) is 1. The average molecular weight is 241 g/mol. The summed E-state index contributed by atoms with van der Waals surface area (Å²) in [6.07, 6.45) is 5.67. The first-order chi connectivity index (χ1) is 8.86. The molecule has 3 nitrogen and oxygen atoms in total. The monoisotopic (exact) mass is 241 g/mol. The molecule has 1 heterocycles. The van der Waals surface area contributed by atoms with Crippen LogP contribution in [0.15, 0.2) is 36.5 Å². The lowest BCUT2D eigenvalue weighted by Crippen LogP contribution is -2.29. The predicted octanol–water partition coefficient (Wildman–Crippen LogP) is 2.77. The number of hydrogen-bond acceptors (Lipinski definition) is 3. The van der Waals surface area contributed by atoms with Crippen LogP contribution in [-0.2, 0) is 0 Å². The number of hydrogen-bond donors (Lipinski definition) is 2. The van der Waals surface area contributed by atoms with Gasteiger partial charge in [0.1, 0.15) is 0 Å². The summed E-state index contributed by atoms with van der Waals surface area (Å²) in [4.78, 5) is 4.48. The van der Waals surface area contributed by atoms with Gasteiger partial charge in [-0.25, -0.2) is 0 Å². The summed E-state index contributed by atoms with van der Waals surface area (Å²) in [7, 11) is 0. The number of pyridine rings is 1. The fraction of sp³-hybridized carbons (Fsp3) is 0.400. The van der Waals surface area contributed by atoms with E-state index < -0.39 is 0 Å². The van der Waals surface area contributed by atoms with Crippen LogP contribution < -0.4 is 11.1 Å². The van der Waals surface area contributed by atoms with Gasteiger partial charge in [0.2, 0.25) is 0 Å². The van der Waals surface area contributed by atoms with Gasteiger partial charge in [0.15, 0.2) is 0 Å². The number of aromatic nitrogens is 1. The normalized spacial score (nSPS) is 23.4. The molecule has 0 amide bonds. The lowest BCUT2D eigenvalue weighted by atomic mass is 10.0. The first kappa shape index (κ1) is 11.5. The van der Waals surface area contributed by atoms with Crippen LogP contribution in [0.4, 0.5) is 5.69 Å². The maximum atomic E-state index is 5.81. The lowest BCUT2D eigenvalue weighted by molar-refractivity contribution is 0.516. The number of rotatable bonds is 3. The number of para-hydroxylation sites is 1. The summed E-state index contributed by atoms with van der Waals surface area (Å²) in [5, 5.41) is 4.78. The van der Waals surface area contributed by atoms with Crippen molar-refractivity contribution in [1.82, 2.24) is 4.98 Å². The number of anilines is 1. The lowest BCUT2D eigenvalue weighted by Gasteiger charge is -2.20. The minimum Gasteiger partial charge on any atom is -0.381 e. The van der Waals surface area contributed by atoms with Gasteiger partial charge in [0.05, 0.1) is 17.4 Å². The van der Waals surface area contributed by atoms with Gasteiger partial charge in [-0.1, -0.05) is 24.6 Å². The zero-order valence-corrected chi connectivity index (χ0v) is 10.5. The summed E-state index contributed by atoms with van der Waals surface area (Å²) >= 11 is 0. The molecule has 94 valence electrons. The van der Waals surface area contributed by atoms with Crippen LogP contribution >= 0.6 is 0 Å². The van der Waals surface area contributed by atoms with E-state index in [9.17, 15) is 0 Å². The molecule has 1 aromatic carbocycles. The van der Waals surface area contributed by atoms with Crippen molar-refractivity contribution < 1.29 is 0 Å². The first-order valence-electron chi connectivity index (χ1n) is 6.68. The summed E-state index contributed by atoms with van der Waals surface area (Å²) in [5.41, 5.74) is 7.97. The highest BCUT2D eigenvalue weighted by molar-refractivity contribution is 5.81. The van der Waals surface area contributed by atoms with E-state index in [0.29, 0.717) is 12.0 Å². The van der Waals surface area contributed by atoms with Gasteiger partial charge in [-0.15, -0.1) is 0 Å². The number of nitrogens with two attached hydrogens (primary N) is 1. The van der Waals surface area contributed by atoms with Crippen LogP contribution in [-0.4, -0.2) is 17.6 Å². The molecule has 3 N–H and O–H groups in total. The van der Waals surface area contributed by atoms with Gasteiger partial charge in [-0.2, -0.15) is 0 Å². The number of nitrogens with one attached hydrogen (secondary N) is 1. The standard InChI is InChI=1S/C15H19N3/c16-9-12-5-3-7-15(12)18-13-8-11-4-1-2-6-14(11)17-10-13/h1-2,4,6,8,10,12,15,18H,3,5,7,9,16H2. The van der Waals surface area contributed by atoms with Crippen molar-refractivity contribution in [2.45, 2.75) is 25.3 Å². The quantitative estimate of drug-likeness (QED) is 0.868. The van der Waals surface area contributed by atoms with Gasteiger partial charge in [0, 0.05) is 11.4 Å². The van der Waals surface area contributed by atoms with Crippen LogP contribution in [0.5, 0.6) is 0 Å². The van der Waals surface area contributed by atoms with Crippen LogP contribution in [0.25, 0.3) is 10.9 Å². The average Bonchev–Trinajstić information content (AvgIpc) is 2.86. The van der Waals surface area contributed by atoms with E-state index in [4.69, 9.17) is 5.73 Å². The van der Waals surface area contributed by atoms with Crippen LogP contribution in [0.1, 0.15) is 19.3 Å². The third kappa shape index (κ3) is 2.18. The van der Waals surface area contributed by atoms with E-state index in [-0.39, 0.29) is 0 Å². The summed E-state index contributed by atoms with van der Waals surface area (Å²) in [6, 6.07) is 10.9. The Bertz CT molecular complexity index is 538. The molecule has 3 heteroatoms. The van der Waals surface area contributed by atoms with Crippen molar-refractivity contribution in [3.05, 3.63) is 36.5 Å². The zero-order chi connectivity index (χ0) is 12.4. The van der Waals surface area contributed by atoms with Gasteiger partial charge >= 0.3 is 0 Å². The second-order valence-electron chi connectivity index (χ2n) is 5.09. The van der Waals surface area contributed by atoms with Gasteiger partial charge in [-0.3, -0.25) is 4.98 Å². The van der Waals surface area contributed by atoms with Gasteiger partial charge in [0.25, 0.3) is 0 Å². The molecular formula is C15H19N3. The van der Waals surface area contributed by atoms with Gasteiger partial charge in [-0.05, 0) is 37.4 Å². The Balaban J connectivity index is 1.82. The van der Waals surface area contributed by atoms with E-state index in [2.05, 4.69) is 22.4 Å². The smallest absolute Gasteiger partial charge is 0.0703 e. The van der Waals surface area contributed by atoms with E-state index >= 15 is 0 Å². The zero-order valence-electron chi connectivity index (χ0n) is 10.5. The minimum absolute atomic E-state index is 0.512. The van der Waals surface area contributed by atoms with Crippen molar-refractivity contribution >= 4 is 16.6 Å². The second kappa shape index (κ2) is 4.94. The van der Waals surface area contributed by atoms with Crippen molar-refractivity contribution in [2.24, 2.45) is 11.7 Å². The molecule has 0 spiro atoms. The Labute approximate surface area is 107 Å². The Kier molecular flexibility index (Phi) is 3.15. The van der Waals surface area contributed by atoms with Crippen molar-refractivity contribution in [3.63, 3.8) is 0 Å². The van der Waals surface area contributed by atoms with Crippen LogP contribution in [0.3, 0.4) is 0 Å². The fourth-order valence-electron chi connectivity index (χ4n) is 2.87. The third-order valence-electron chi connectivity index (χ3n) is 3.90. The molecule has 1 aliphatic rings. The molecular weight excluding hydrogens is 222 g/mol. The SMILES string of the molecule is NCC1CCCC1Nc1cnc2ccccc2c1. The highest BCUT2D eigenvalue weighted by Crippen LogP contribution is 2.28. The summed E-state index contributed by atoms with van der Waals surface area (Å²) in [5.74, 6) is 0.608. The van der Waals surface area contributed by atoms with E-state index in [0.717, 1.165) is 17.7 Å². The maximum absolute atomic E-state index is 5.81. The molecule has 0 aliphatic heterocycles. The largest absolute Gasteiger partial charge is 0.381 e. The van der Waals surface area contributed by atoms with E-state index in [1.165, 1.54) is 24.6 Å². The Morgan fingerprint density at radius 2 is 2.17 bits per heavy atom. The molecule has 2 atom stereocenters. The fourth-order valence-corrected chi connectivity index (χ4v) is 2.87. The van der Waals surface area contributed by atoms with Crippen LogP contribution in [0.2, 0.25) is 0 Å². The highest BCUT2D eigenvalue weighted by Gasteiger charge is 2.25.